The van der Waals surface area contributed by atoms with Gasteiger partial charge in [0.05, 0.1) is 10.6 Å². The fraction of sp³-hybridized carbons (Fsp3) is 0.0714. The molecular weight excluding hydrogens is 274 g/mol. The third-order valence-corrected chi connectivity index (χ3v) is 2.89. The van der Waals surface area contributed by atoms with Crippen molar-refractivity contribution in [3.63, 3.8) is 0 Å². The summed E-state index contributed by atoms with van der Waals surface area (Å²) in [5, 5.41) is 22.8. The summed E-state index contributed by atoms with van der Waals surface area (Å²) in [7, 11) is 0. The number of benzene rings is 2. The maximum Gasteiger partial charge on any atom is 0.271 e. The number of nitrogens with zero attached hydrogens (tertiary/aromatic N) is 1. The Morgan fingerprint density at radius 1 is 1.24 bits per heavy atom. The highest BCUT2D eigenvalue weighted by molar-refractivity contribution is 6.05. The minimum atomic E-state index is -0.606. The summed E-state index contributed by atoms with van der Waals surface area (Å²) >= 11 is 0. The van der Waals surface area contributed by atoms with Crippen molar-refractivity contribution in [3.8, 4) is 5.75 Å². The first-order valence-electron chi connectivity index (χ1n) is 6.09. The Bertz CT molecular complexity index is 683. The van der Waals surface area contributed by atoms with E-state index in [0.29, 0.717) is 12.1 Å². The monoisotopic (exact) mass is 287 g/mol. The second-order valence-corrected chi connectivity index (χ2v) is 4.31. The Balaban J connectivity index is 2.22. The molecule has 7 heteroatoms. The minimum Gasteiger partial charge on any atom is -0.506 e. The van der Waals surface area contributed by atoms with Crippen LogP contribution in [0.15, 0.2) is 42.5 Å². The van der Waals surface area contributed by atoms with Crippen LogP contribution < -0.4 is 11.1 Å². The van der Waals surface area contributed by atoms with E-state index in [1.165, 1.54) is 0 Å². The van der Waals surface area contributed by atoms with Crippen LogP contribution in [0, 0.1) is 10.1 Å². The number of anilines is 1. The highest BCUT2D eigenvalue weighted by atomic mass is 16.6. The molecule has 0 radical (unpaired) electrons. The van der Waals surface area contributed by atoms with Gasteiger partial charge in [-0.05, 0) is 23.8 Å². The van der Waals surface area contributed by atoms with Gasteiger partial charge in [-0.1, -0.05) is 12.1 Å². The molecule has 0 unspecified atom stereocenters. The fourth-order valence-electron chi connectivity index (χ4n) is 1.72. The molecule has 0 saturated heterocycles. The van der Waals surface area contributed by atoms with Crippen molar-refractivity contribution in [2.45, 2.75) is 6.54 Å². The van der Waals surface area contributed by atoms with Gasteiger partial charge in [-0.3, -0.25) is 14.9 Å². The van der Waals surface area contributed by atoms with E-state index in [0.717, 1.165) is 23.8 Å². The van der Waals surface area contributed by atoms with E-state index in [4.69, 9.17) is 5.73 Å². The predicted octanol–water partition coefficient (Wildman–Crippen LogP) is 2.01. The van der Waals surface area contributed by atoms with Crippen LogP contribution in [-0.2, 0) is 6.54 Å². The van der Waals surface area contributed by atoms with Crippen molar-refractivity contribution >= 4 is 17.3 Å². The van der Waals surface area contributed by atoms with Gasteiger partial charge < -0.3 is 16.2 Å². The molecule has 0 aliphatic rings. The number of nitrogens with one attached hydrogen (secondary N) is 1. The van der Waals surface area contributed by atoms with Gasteiger partial charge in [0, 0.05) is 24.2 Å². The molecule has 0 saturated carbocycles. The number of phenols is 1. The Labute approximate surface area is 120 Å². The van der Waals surface area contributed by atoms with E-state index in [2.05, 4.69) is 5.32 Å². The van der Waals surface area contributed by atoms with Gasteiger partial charge >= 0.3 is 0 Å². The zero-order valence-electron chi connectivity index (χ0n) is 10.9. The molecule has 0 spiro atoms. The maximum atomic E-state index is 12.0. The summed E-state index contributed by atoms with van der Waals surface area (Å²) in [5.74, 6) is -0.720. The molecule has 0 atom stereocenters. The van der Waals surface area contributed by atoms with E-state index >= 15 is 0 Å². The maximum absolute atomic E-state index is 12.0. The topological polar surface area (TPSA) is 118 Å². The third kappa shape index (κ3) is 3.34. The molecule has 2 aromatic carbocycles. The van der Waals surface area contributed by atoms with Gasteiger partial charge in [0.25, 0.3) is 11.6 Å². The molecule has 4 N–H and O–H groups in total. The summed E-state index contributed by atoms with van der Waals surface area (Å²) in [4.78, 5) is 22.1. The summed E-state index contributed by atoms with van der Waals surface area (Å²) < 4.78 is 0. The number of rotatable bonds is 4. The second-order valence-electron chi connectivity index (χ2n) is 4.31. The average Bonchev–Trinajstić information content (AvgIpc) is 2.49. The first-order chi connectivity index (χ1) is 10.0. The fourth-order valence-corrected chi connectivity index (χ4v) is 1.72. The molecule has 1 amide bonds. The average molecular weight is 287 g/mol. The Morgan fingerprint density at radius 3 is 2.48 bits per heavy atom. The molecule has 2 aromatic rings. The quantitative estimate of drug-likeness (QED) is 0.451. The van der Waals surface area contributed by atoms with Crippen molar-refractivity contribution in [2.75, 3.05) is 5.32 Å². The van der Waals surface area contributed by atoms with Crippen LogP contribution in [0.4, 0.5) is 11.4 Å². The normalized spacial score (nSPS) is 10.1. The van der Waals surface area contributed by atoms with Gasteiger partial charge in [0.1, 0.15) is 5.75 Å². The van der Waals surface area contributed by atoms with Crippen molar-refractivity contribution in [2.24, 2.45) is 5.73 Å². The molecular formula is C14H13N3O4. The molecule has 0 aromatic heterocycles. The number of nitrogens with two attached hydrogens (primary N) is 1. The number of phenolic OH excluding ortho intramolecular Hbond substituents is 1. The van der Waals surface area contributed by atoms with Crippen LogP contribution in [0.2, 0.25) is 0 Å². The highest BCUT2D eigenvalue weighted by Gasteiger charge is 2.13. The smallest absolute Gasteiger partial charge is 0.271 e. The first-order valence-corrected chi connectivity index (χ1v) is 6.09. The zero-order valence-corrected chi connectivity index (χ0v) is 10.9. The molecule has 0 bridgehead atoms. The predicted molar refractivity (Wildman–Crippen MR) is 77.0 cm³/mol. The van der Waals surface area contributed by atoms with Crippen LogP contribution in [0.5, 0.6) is 5.75 Å². The lowest BCUT2D eigenvalue weighted by Crippen LogP contribution is -2.12. The Hall–Kier alpha value is -2.93. The molecule has 7 nitrogen and oxygen atoms in total. The van der Waals surface area contributed by atoms with Crippen LogP contribution >= 0.6 is 0 Å². The van der Waals surface area contributed by atoms with E-state index in [9.17, 15) is 20.0 Å². The number of carbonyl (C=O) groups is 1. The van der Waals surface area contributed by atoms with E-state index < -0.39 is 10.8 Å². The zero-order chi connectivity index (χ0) is 15.4. The third-order valence-electron chi connectivity index (χ3n) is 2.89. The number of nitro benzene ring substituents is 1. The Kier molecular flexibility index (Phi) is 4.15. The van der Waals surface area contributed by atoms with Gasteiger partial charge in [0.2, 0.25) is 0 Å². The number of nitro groups is 1. The molecule has 21 heavy (non-hydrogen) atoms. The number of hydrogen-bond donors (Lipinski definition) is 3. The second kappa shape index (κ2) is 6.02. The van der Waals surface area contributed by atoms with Crippen LogP contribution in [-0.4, -0.2) is 15.9 Å². The lowest BCUT2D eigenvalue weighted by Gasteiger charge is -2.07. The number of hydrogen-bond acceptors (Lipinski definition) is 5. The van der Waals surface area contributed by atoms with Gasteiger partial charge in [-0.25, -0.2) is 0 Å². The molecule has 2 rings (SSSR count). The van der Waals surface area contributed by atoms with Crippen LogP contribution in [0.25, 0.3) is 0 Å². The van der Waals surface area contributed by atoms with Crippen LogP contribution in [0.1, 0.15) is 15.9 Å². The molecule has 0 heterocycles. The van der Waals surface area contributed by atoms with E-state index in [-0.39, 0.29) is 17.1 Å². The number of carbonyl (C=O) groups excluding carboxylic acids is 1. The van der Waals surface area contributed by atoms with Crippen LogP contribution in [0.3, 0.4) is 0 Å². The number of non-ortho nitro benzene ring substituents is 1. The lowest BCUT2D eigenvalue weighted by molar-refractivity contribution is -0.384. The molecule has 0 aliphatic heterocycles. The highest BCUT2D eigenvalue weighted by Crippen LogP contribution is 2.28. The largest absolute Gasteiger partial charge is 0.506 e. The van der Waals surface area contributed by atoms with E-state index in [1.54, 1.807) is 24.3 Å². The summed E-state index contributed by atoms with van der Waals surface area (Å²) in [6, 6.07) is 10.0. The van der Waals surface area contributed by atoms with Crippen molar-refractivity contribution in [1.82, 2.24) is 0 Å². The van der Waals surface area contributed by atoms with Gasteiger partial charge in [-0.15, -0.1) is 0 Å². The van der Waals surface area contributed by atoms with Crippen molar-refractivity contribution in [3.05, 3.63) is 63.7 Å². The Morgan fingerprint density at radius 2 is 1.90 bits per heavy atom. The number of amides is 1. The molecule has 108 valence electrons. The summed E-state index contributed by atoms with van der Waals surface area (Å²) in [6.45, 7) is 0.369. The SMILES string of the molecule is NCc1ccc(C(=O)Nc2cc([N+](=O)[O-])ccc2O)cc1. The summed E-state index contributed by atoms with van der Waals surface area (Å²) in [6.07, 6.45) is 0. The van der Waals surface area contributed by atoms with Crippen molar-refractivity contribution in [1.29, 1.82) is 0 Å². The van der Waals surface area contributed by atoms with E-state index in [1.807, 2.05) is 0 Å². The standard InChI is InChI=1S/C14H13N3O4/c15-8-9-1-3-10(4-2-9)14(19)16-12-7-11(17(20)21)5-6-13(12)18/h1-7,18H,8,15H2,(H,16,19). The lowest BCUT2D eigenvalue weighted by atomic mass is 10.1. The van der Waals surface area contributed by atoms with Crippen molar-refractivity contribution < 1.29 is 14.8 Å². The minimum absolute atomic E-state index is 0.0166. The number of aromatic hydroxyl groups is 1. The molecule has 0 fully saturated rings. The summed E-state index contributed by atoms with van der Waals surface area (Å²) in [5.41, 5.74) is 6.47. The first kappa shape index (κ1) is 14.5. The molecule has 0 aliphatic carbocycles. The van der Waals surface area contributed by atoms with Gasteiger partial charge in [-0.2, -0.15) is 0 Å². The van der Waals surface area contributed by atoms with Gasteiger partial charge in [0.15, 0.2) is 0 Å².